The minimum absolute atomic E-state index is 0.0704. The molecule has 2 unspecified atom stereocenters. The Labute approximate surface area is 177 Å². The smallest absolute Gasteiger partial charge is 0.459 e. The summed E-state index contributed by atoms with van der Waals surface area (Å²) in [5.74, 6) is -3.34. The predicted octanol–water partition coefficient (Wildman–Crippen LogP) is 4.20. The number of rotatable bonds is 4. The Hall–Kier alpha value is -2.21. The maximum atomic E-state index is 13.8. The van der Waals surface area contributed by atoms with Crippen LogP contribution in [0.3, 0.4) is 0 Å². The van der Waals surface area contributed by atoms with Crippen molar-refractivity contribution in [3.05, 3.63) is 23.8 Å². The molecule has 2 atom stereocenters. The summed E-state index contributed by atoms with van der Waals surface area (Å²) in [5, 5.41) is 0.497. The van der Waals surface area contributed by atoms with Crippen molar-refractivity contribution < 1.29 is 26.5 Å². The van der Waals surface area contributed by atoms with Gasteiger partial charge in [0.1, 0.15) is 17.3 Å². The third-order valence-corrected chi connectivity index (χ3v) is 6.88. The first kappa shape index (κ1) is 22.0. The van der Waals surface area contributed by atoms with Crippen molar-refractivity contribution in [2.45, 2.75) is 50.4 Å². The van der Waals surface area contributed by atoms with E-state index in [9.17, 15) is 26.5 Å². The second-order valence-electron chi connectivity index (χ2n) is 7.69. The Morgan fingerprint density at radius 2 is 1.94 bits per heavy atom. The Morgan fingerprint density at radius 3 is 2.58 bits per heavy atom. The van der Waals surface area contributed by atoms with Crippen LogP contribution in [0.1, 0.15) is 31.8 Å². The van der Waals surface area contributed by atoms with Crippen LogP contribution >= 0.6 is 0 Å². The molecule has 1 aliphatic heterocycles. The Morgan fingerprint density at radius 1 is 1.23 bits per heavy atom. The molecule has 0 N–H and O–H groups in total. The maximum absolute atomic E-state index is 13.8. The normalized spacial score (nSPS) is 18.4. The molecule has 4 heterocycles. The SMILES string of the molecule is CC[S+]([O-])c1c(-c2nc3cc(C(F)(F)C(F)(F)F)ncc3n2C)nc2n1CCC(C)C2. The lowest BCUT2D eigenvalue weighted by Crippen LogP contribution is -2.34. The number of fused-ring (bicyclic) bond motifs is 2. The van der Waals surface area contributed by atoms with Crippen LogP contribution < -0.4 is 0 Å². The van der Waals surface area contributed by atoms with Gasteiger partial charge in [-0.3, -0.25) is 9.55 Å². The number of aryl methyl sites for hydroxylation is 1. The highest BCUT2D eigenvalue weighted by atomic mass is 32.2. The average molecular weight is 461 g/mol. The van der Waals surface area contributed by atoms with Crippen LogP contribution in [0.5, 0.6) is 0 Å². The van der Waals surface area contributed by atoms with Crippen LogP contribution in [0, 0.1) is 5.92 Å². The molecule has 0 saturated heterocycles. The van der Waals surface area contributed by atoms with Crippen LogP contribution in [0.25, 0.3) is 22.6 Å². The first-order valence-corrected chi connectivity index (χ1v) is 11.0. The van der Waals surface area contributed by atoms with Gasteiger partial charge in [-0.05, 0) is 25.3 Å². The molecule has 0 radical (unpaired) electrons. The topological polar surface area (TPSA) is 71.6 Å². The average Bonchev–Trinajstić information content (AvgIpc) is 3.23. The van der Waals surface area contributed by atoms with Gasteiger partial charge < -0.3 is 9.12 Å². The first-order chi connectivity index (χ1) is 14.5. The van der Waals surface area contributed by atoms with E-state index in [0.717, 1.165) is 18.4 Å². The molecule has 0 aromatic carbocycles. The molecule has 4 rings (SSSR count). The van der Waals surface area contributed by atoms with E-state index in [0.29, 0.717) is 41.4 Å². The molecule has 31 heavy (non-hydrogen) atoms. The lowest BCUT2D eigenvalue weighted by molar-refractivity contribution is -0.290. The van der Waals surface area contributed by atoms with E-state index in [1.165, 1.54) is 4.57 Å². The molecule has 12 heteroatoms. The minimum Gasteiger partial charge on any atom is -0.610 e. The number of pyridine rings is 1. The summed E-state index contributed by atoms with van der Waals surface area (Å²) in [6, 6.07) is 0.640. The largest absolute Gasteiger partial charge is 0.610 e. The summed E-state index contributed by atoms with van der Waals surface area (Å²) < 4.78 is 82.0. The molecule has 0 fully saturated rings. The number of hydrogen-bond donors (Lipinski definition) is 0. The van der Waals surface area contributed by atoms with Crippen molar-refractivity contribution in [1.82, 2.24) is 24.1 Å². The van der Waals surface area contributed by atoms with Gasteiger partial charge >= 0.3 is 12.1 Å². The summed E-state index contributed by atoms with van der Waals surface area (Å²) in [6.45, 7) is 4.52. The first-order valence-electron chi connectivity index (χ1n) is 9.71. The molecule has 0 aliphatic carbocycles. The molecule has 0 amide bonds. The van der Waals surface area contributed by atoms with Crippen LogP contribution in [-0.4, -0.2) is 40.6 Å². The molecular formula is C19H20F5N5OS. The van der Waals surface area contributed by atoms with Crippen LogP contribution in [0.2, 0.25) is 0 Å². The molecule has 0 bridgehead atoms. The van der Waals surface area contributed by atoms with Gasteiger partial charge in [0.15, 0.2) is 11.5 Å². The zero-order valence-corrected chi connectivity index (χ0v) is 17.8. The lowest BCUT2D eigenvalue weighted by Gasteiger charge is -2.21. The highest BCUT2D eigenvalue weighted by Gasteiger charge is 2.60. The second-order valence-corrected chi connectivity index (χ2v) is 9.35. The van der Waals surface area contributed by atoms with Crippen molar-refractivity contribution >= 4 is 22.2 Å². The van der Waals surface area contributed by atoms with Crippen molar-refractivity contribution in [3.63, 3.8) is 0 Å². The van der Waals surface area contributed by atoms with Gasteiger partial charge in [0, 0.05) is 31.2 Å². The number of halogens is 5. The molecular weight excluding hydrogens is 441 g/mol. The Bertz CT molecular complexity index is 1140. The van der Waals surface area contributed by atoms with Gasteiger partial charge in [0.05, 0.1) is 17.2 Å². The summed E-state index contributed by atoms with van der Waals surface area (Å²) in [4.78, 5) is 12.3. The number of alkyl halides is 5. The lowest BCUT2D eigenvalue weighted by atomic mass is 10.0. The second kappa shape index (κ2) is 7.44. The molecule has 6 nitrogen and oxygen atoms in total. The minimum atomic E-state index is -5.77. The fourth-order valence-corrected chi connectivity index (χ4v) is 4.83. The zero-order chi connectivity index (χ0) is 22.7. The predicted molar refractivity (Wildman–Crippen MR) is 104 cm³/mol. The van der Waals surface area contributed by atoms with Crippen molar-refractivity contribution in [2.24, 2.45) is 13.0 Å². The molecule has 3 aromatic heterocycles. The van der Waals surface area contributed by atoms with E-state index in [1.54, 1.807) is 14.0 Å². The third-order valence-electron chi connectivity index (χ3n) is 5.51. The monoisotopic (exact) mass is 461 g/mol. The summed E-state index contributed by atoms with van der Waals surface area (Å²) >= 11 is -1.37. The van der Waals surface area contributed by atoms with Crippen LogP contribution in [0.15, 0.2) is 17.3 Å². The number of nitrogens with zero attached hydrogens (tertiary/aromatic N) is 5. The van der Waals surface area contributed by atoms with E-state index >= 15 is 0 Å². The fourth-order valence-electron chi connectivity index (χ4n) is 3.76. The van der Waals surface area contributed by atoms with Gasteiger partial charge in [-0.1, -0.05) is 6.92 Å². The fraction of sp³-hybridized carbons (Fsp3) is 0.526. The maximum Gasteiger partial charge on any atom is 0.459 e. The standard InChI is InChI=1S/C19H20F5N5OS/c1-4-31(30)17-15(27-14-7-10(2)5-6-29(14)17)16-26-11-8-13(18(20,21)19(22,23)24)25-9-12(11)28(16)3/h8-10H,4-7H2,1-3H3. The van der Waals surface area contributed by atoms with E-state index in [1.807, 2.05) is 4.57 Å². The van der Waals surface area contributed by atoms with Gasteiger partial charge in [-0.25, -0.2) is 9.97 Å². The summed E-state index contributed by atoms with van der Waals surface area (Å²) in [5.41, 5.74) is -0.872. The van der Waals surface area contributed by atoms with E-state index in [2.05, 4.69) is 21.9 Å². The summed E-state index contributed by atoms with van der Waals surface area (Å²) in [7, 11) is 1.59. The quantitative estimate of drug-likeness (QED) is 0.431. The van der Waals surface area contributed by atoms with Gasteiger partial charge in [-0.15, -0.1) is 0 Å². The van der Waals surface area contributed by atoms with E-state index in [-0.39, 0.29) is 16.9 Å². The number of imidazole rings is 2. The van der Waals surface area contributed by atoms with E-state index < -0.39 is 29.0 Å². The molecule has 0 saturated carbocycles. The third kappa shape index (κ3) is 3.49. The van der Waals surface area contributed by atoms with Gasteiger partial charge in [0.25, 0.3) is 5.03 Å². The Kier molecular flexibility index (Phi) is 5.28. The summed E-state index contributed by atoms with van der Waals surface area (Å²) in [6.07, 6.45) is -3.23. The van der Waals surface area contributed by atoms with Gasteiger partial charge in [-0.2, -0.15) is 22.0 Å². The van der Waals surface area contributed by atoms with Crippen molar-refractivity contribution in [2.75, 3.05) is 5.75 Å². The van der Waals surface area contributed by atoms with E-state index in [4.69, 9.17) is 0 Å². The molecule has 1 aliphatic rings. The van der Waals surface area contributed by atoms with Crippen LogP contribution in [-0.2, 0) is 37.1 Å². The zero-order valence-electron chi connectivity index (χ0n) is 17.0. The van der Waals surface area contributed by atoms with Crippen molar-refractivity contribution in [1.29, 1.82) is 0 Å². The highest BCUT2D eigenvalue weighted by Crippen LogP contribution is 2.43. The van der Waals surface area contributed by atoms with Gasteiger partial charge in [0.2, 0.25) is 0 Å². The Balaban J connectivity index is 1.89. The number of aromatic nitrogens is 5. The molecule has 168 valence electrons. The highest BCUT2D eigenvalue weighted by molar-refractivity contribution is 7.91. The van der Waals surface area contributed by atoms with Crippen LogP contribution in [0.4, 0.5) is 22.0 Å². The number of hydrogen-bond acceptors (Lipinski definition) is 4. The molecule has 0 spiro atoms. The van der Waals surface area contributed by atoms with Crippen molar-refractivity contribution in [3.8, 4) is 11.5 Å². The molecule has 3 aromatic rings.